The molecule has 5 nitrogen and oxygen atoms in total. The molecule has 0 saturated carbocycles. The molecule has 1 aliphatic rings. The van der Waals surface area contributed by atoms with Crippen molar-refractivity contribution in [1.29, 1.82) is 5.26 Å². The first-order valence-electron chi connectivity index (χ1n) is 9.35. The summed E-state index contributed by atoms with van der Waals surface area (Å²) in [6, 6.07) is 15.9. The molecule has 2 aromatic rings. The van der Waals surface area contributed by atoms with Crippen molar-refractivity contribution in [3.05, 3.63) is 65.2 Å². The second-order valence-corrected chi connectivity index (χ2v) is 6.78. The van der Waals surface area contributed by atoms with Gasteiger partial charge in [-0.15, -0.1) is 0 Å². The van der Waals surface area contributed by atoms with E-state index in [0.29, 0.717) is 22.4 Å². The predicted octanol–water partition coefficient (Wildman–Crippen LogP) is 4.22. The number of likely N-dealkylation sites (tertiary alicyclic amines) is 1. The van der Waals surface area contributed by atoms with E-state index < -0.39 is 0 Å². The zero-order valence-electron chi connectivity index (χ0n) is 15.4. The first kappa shape index (κ1) is 18.7. The molecule has 1 aliphatic heterocycles. The summed E-state index contributed by atoms with van der Waals surface area (Å²) in [4.78, 5) is 27.4. The number of benzene rings is 2. The van der Waals surface area contributed by atoms with E-state index in [4.69, 9.17) is 5.26 Å². The zero-order valence-corrected chi connectivity index (χ0v) is 15.4. The van der Waals surface area contributed by atoms with E-state index in [2.05, 4.69) is 12.2 Å². The van der Waals surface area contributed by atoms with Crippen LogP contribution in [0.25, 0.3) is 0 Å². The largest absolute Gasteiger partial charge is 0.336 e. The van der Waals surface area contributed by atoms with Crippen LogP contribution >= 0.6 is 0 Å². The third-order valence-corrected chi connectivity index (χ3v) is 5.00. The summed E-state index contributed by atoms with van der Waals surface area (Å²) in [5.74, 6) is -0.283. The van der Waals surface area contributed by atoms with E-state index in [1.165, 1.54) is 0 Å². The summed E-state index contributed by atoms with van der Waals surface area (Å²) in [5, 5.41) is 11.6. The van der Waals surface area contributed by atoms with Gasteiger partial charge in [-0.25, -0.2) is 0 Å². The minimum absolute atomic E-state index is 0.00502. The minimum atomic E-state index is -0.278. The first-order valence-corrected chi connectivity index (χ1v) is 9.35. The molecule has 138 valence electrons. The van der Waals surface area contributed by atoms with Crippen LogP contribution in [-0.4, -0.2) is 29.3 Å². The molecule has 1 atom stereocenters. The highest BCUT2D eigenvalue weighted by molar-refractivity contribution is 6.06. The molecule has 1 fully saturated rings. The van der Waals surface area contributed by atoms with Gasteiger partial charge in [0.2, 0.25) is 0 Å². The monoisotopic (exact) mass is 361 g/mol. The maximum absolute atomic E-state index is 12.9. The summed E-state index contributed by atoms with van der Waals surface area (Å²) in [6.45, 7) is 2.89. The molecule has 0 radical (unpaired) electrons. The molecule has 5 heteroatoms. The Hall–Kier alpha value is -3.13. The third-order valence-electron chi connectivity index (χ3n) is 5.00. The highest BCUT2D eigenvalue weighted by Crippen LogP contribution is 2.22. The second-order valence-electron chi connectivity index (χ2n) is 6.78. The SMILES string of the molecule is CCC1CCCCN1C(=O)c1cccc(C(=O)Nc2ccc(C#N)cc2)c1. The van der Waals surface area contributed by atoms with E-state index in [1.807, 2.05) is 11.0 Å². The molecular weight excluding hydrogens is 338 g/mol. The molecule has 27 heavy (non-hydrogen) atoms. The Morgan fingerprint density at radius 3 is 2.59 bits per heavy atom. The molecule has 0 aliphatic carbocycles. The molecule has 2 amide bonds. The number of nitriles is 1. The fourth-order valence-corrected chi connectivity index (χ4v) is 3.48. The number of rotatable bonds is 4. The Bertz CT molecular complexity index is 868. The van der Waals surface area contributed by atoms with Gasteiger partial charge < -0.3 is 10.2 Å². The lowest BCUT2D eigenvalue weighted by Crippen LogP contribution is -2.43. The lowest BCUT2D eigenvalue weighted by atomic mass is 9.98. The van der Waals surface area contributed by atoms with Gasteiger partial charge in [0.05, 0.1) is 11.6 Å². The molecule has 2 aromatic carbocycles. The van der Waals surface area contributed by atoms with E-state index in [1.54, 1.807) is 48.5 Å². The topological polar surface area (TPSA) is 73.2 Å². The van der Waals surface area contributed by atoms with Gasteiger partial charge in [-0.1, -0.05) is 13.0 Å². The van der Waals surface area contributed by atoms with Crippen molar-refractivity contribution in [1.82, 2.24) is 4.90 Å². The van der Waals surface area contributed by atoms with Crippen LogP contribution in [0.5, 0.6) is 0 Å². The van der Waals surface area contributed by atoms with Crippen LogP contribution in [-0.2, 0) is 0 Å². The Morgan fingerprint density at radius 2 is 1.89 bits per heavy atom. The summed E-state index contributed by atoms with van der Waals surface area (Å²) >= 11 is 0. The van der Waals surface area contributed by atoms with Crippen molar-refractivity contribution in [3.63, 3.8) is 0 Å². The Kier molecular flexibility index (Phi) is 5.87. The first-order chi connectivity index (χ1) is 13.1. The second kappa shape index (κ2) is 8.50. The van der Waals surface area contributed by atoms with Crippen molar-refractivity contribution in [3.8, 4) is 6.07 Å². The Labute approximate surface area is 159 Å². The van der Waals surface area contributed by atoms with Crippen LogP contribution in [0.4, 0.5) is 5.69 Å². The van der Waals surface area contributed by atoms with Crippen LogP contribution in [0.1, 0.15) is 58.9 Å². The lowest BCUT2D eigenvalue weighted by molar-refractivity contribution is 0.0608. The van der Waals surface area contributed by atoms with Crippen LogP contribution in [0.15, 0.2) is 48.5 Å². The van der Waals surface area contributed by atoms with Crippen molar-refractivity contribution in [2.24, 2.45) is 0 Å². The molecule has 0 aromatic heterocycles. The lowest BCUT2D eigenvalue weighted by Gasteiger charge is -2.35. The van der Waals surface area contributed by atoms with E-state index in [-0.39, 0.29) is 17.9 Å². The average molecular weight is 361 g/mol. The van der Waals surface area contributed by atoms with Gasteiger partial charge in [0.25, 0.3) is 11.8 Å². The number of hydrogen-bond donors (Lipinski definition) is 1. The third kappa shape index (κ3) is 4.35. The highest BCUT2D eigenvalue weighted by Gasteiger charge is 2.26. The molecular formula is C22H23N3O2. The Balaban J connectivity index is 1.75. The average Bonchev–Trinajstić information content (AvgIpc) is 2.73. The molecule has 1 saturated heterocycles. The summed E-state index contributed by atoms with van der Waals surface area (Å²) in [5.41, 5.74) is 2.13. The fourth-order valence-electron chi connectivity index (χ4n) is 3.48. The summed E-state index contributed by atoms with van der Waals surface area (Å²) in [6.07, 6.45) is 4.18. The molecule has 0 spiro atoms. The van der Waals surface area contributed by atoms with Gasteiger partial charge in [0.1, 0.15) is 0 Å². The van der Waals surface area contributed by atoms with Gasteiger partial charge >= 0.3 is 0 Å². The molecule has 3 rings (SSSR count). The maximum atomic E-state index is 12.9. The van der Waals surface area contributed by atoms with Gasteiger partial charge in [-0.05, 0) is 68.1 Å². The smallest absolute Gasteiger partial charge is 0.255 e. The number of nitrogens with one attached hydrogen (secondary N) is 1. The minimum Gasteiger partial charge on any atom is -0.336 e. The highest BCUT2D eigenvalue weighted by atomic mass is 16.2. The number of carbonyl (C=O) groups excluding carboxylic acids is 2. The number of anilines is 1. The molecule has 1 N–H and O–H groups in total. The van der Waals surface area contributed by atoms with Gasteiger partial charge in [-0.2, -0.15) is 5.26 Å². The van der Waals surface area contributed by atoms with Crippen LogP contribution in [0.3, 0.4) is 0 Å². The molecule has 0 bridgehead atoms. The van der Waals surface area contributed by atoms with E-state index in [0.717, 1.165) is 32.2 Å². The number of amides is 2. The number of piperidine rings is 1. The number of nitrogens with zero attached hydrogens (tertiary/aromatic N) is 2. The van der Waals surface area contributed by atoms with Gasteiger partial charge in [0.15, 0.2) is 0 Å². The maximum Gasteiger partial charge on any atom is 0.255 e. The summed E-state index contributed by atoms with van der Waals surface area (Å²) < 4.78 is 0. The van der Waals surface area contributed by atoms with Crippen molar-refractivity contribution < 1.29 is 9.59 Å². The zero-order chi connectivity index (χ0) is 19.2. The van der Waals surface area contributed by atoms with Crippen molar-refractivity contribution in [2.75, 3.05) is 11.9 Å². The predicted molar refractivity (Wildman–Crippen MR) is 105 cm³/mol. The van der Waals surface area contributed by atoms with E-state index >= 15 is 0 Å². The van der Waals surface area contributed by atoms with Gasteiger partial charge in [-0.3, -0.25) is 9.59 Å². The van der Waals surface area contributed by atoms with Crippen LogP contribution in [0.2, 0.25) is 0 Å². The quantitative estimate of drug-likeness (QED) is 0.886. The Morgan fingerprint density at radius 1 is 1.15 bits per heavy atom. The van der Waals surface area contributed by atoms with Gasteiger partial charge in [0, 0.05) is 29.4 Å². The van der Waals surface area contributed by atoms with E-state index in [9.17, 15) is 9.59 Å². The standard InChI is InChI=1S/C22H23N3O2/c1-2-20-8-3-4-13-25(20)22(27)18-7-5-6-17(14-18)21(26)24-19-11-9-16(15-23)10-12-19/h5-7,9-12,14,20H,2-4,8,13H2,1H3,(H,24,26). The van der Waals surface area contributed by atoms with Crippen LogP contribution in [0, 0.1) is 11.3 Å². The molecule has 1 unspecified atom stereocenters. The molecule has 1 heterocycles. The fraction of sp³-hybridized carbons (Fsp3) is 0.318. The van der Waals surface area contributed by atoms with Crippen molar-refractivity contribution >= 4 is 17.5 Å². The number of hydrogen-bond acceptors (Lipinski definition) is 3. The van der Waals surface area contributed by atoms with Crippen molar-refractivity contribution in [2.45, 2.75) is 38.6 Å². The summed E-state index contributed by atoms with van der Waals surface area (Å²) in [7, 11) is 0. The normalized spacial score (nSPS) is 16.4. The van der Waals surface area contributed by atoms with Crippen LogP contribution < -0.4 is 5.32 Å². The number of carbonyl (C=O) groups is 2.